The van der Waals surface area contributed by atoms with Gasteiger partial charge in [-0.05, 0) is 31.6 Å². The fourth-order valence-electron chi connectivity index (χ4n) is 5.90. The molecule has 1 aromatic rings. The fraction of sp³-hybridized carbons (Fsp3) is 0.417. The summed E-state index contributed by atoms with van der Waals surface area (Å²) in [5.74, 6) is -10.3. The summed E-state index contributed by atoms with van der Waals surface area (Å²) < 4.78 is 0. The number of fused-ring (bicyclic) bond motifs is 3. The first-order valence-corrected chi connectivity index (χ1v) is 12.4. The van der Waals surface area contributed by atoms with Gasteiger partial charge < -0.3 is 36.6 Å². The van der Waals surface area contributed by atoms with Crippen molar-refractivity contribution in [1.29, 1.82) is 0 Å². The maximum atomic E-state index is 13.9. The molecular weight excluding hydrogens is 634 g/mol. The summed E-state index contributed by atoms with van der Waals surface area (Å²) in [5.41, 5.74) is 0.883. The third-order valence-corrected chi connectivity index (χ3v) is 8.03. The third-order valence-electron chi connectivity index (χ3n) is 7.52. The number of Topliss-reactive ketones (excluding diaryl/α,β-unsaturated/α-hetero) is 2. The number of nitrogens with one attached hydrogen (secondary N) is 1. The minimum absolute atomic E-state index is 0. The number of nitrogens with zero attached hydrogens (tertiary/aromatic N) is 1. The molecule has 38 heavy (non-hydrogen) atoms. The van der Waals surface area contributed by atoms with E-state index in [1.807, 2.05) is 0 Å². The van der Waals surface area contributed by atoms with Crippen LogP contribution in [-0.4, -0.2) is 91.0 Å². The highest BCUT2D eigenvalue weighted by Crippen LogP contribution is 2.56. The van der Waals surface area contributed by atoms with Gasteiger partial charge in [-0.1, -0.05) is 28.9 Å². The molecule has 4 unspecified atom stereocenters. The Kier molecular flexibility index (Phi) is 7.89. The highest BCUT2D eigenvalue weighted by atomic mass is 79.9. The Hall–Kier alpha value is -2.78. The standard InChI is InChI=1S/C24H26BrN3O9.BrH/c1-7-8-4-5-9(27-10(29)6-25)17(30)12(8)18(31)13-11(7)19(32)15-16(28(2)3)20(33)14(23(26)36)22(35)24(15,37)21(13)34;/h4-5,7,11,15-16,19,30-32,35,37H,6H2,1-3H3,(H2,26,36)(H,27,29);1H/t7?,11?,15?,16-,19?,24-;/m0./s1. The first kappa shape index (κ1) is 29.8. The van der Waals surface area contributed by atoms with E-state index in [2.05, 4.69) is 21.2 Å². The number of hydrogen-bond acceptors (Lipinski definition) is 10. The Balaban J connectivity index is 0.00000400. The molecule has 14 heteroatoms. The molecule has 1 aromatic carbocycles. The lowest BCUT2D eigenvalue weighted by molar-refractivity contribution is -0.169. The number of carbonyl (C=O) groups excluding carboxylic acids is 4. The minimum Gasteiger partial charge on any atom is -0.508 e. The highest BCUT2D eigenvalue weighted by Gasteiger charge is 2.68. The average Bonchev–Trinajstić information content (AvgIpc) is 2.82. The predicted octanol–water partition coefficient (Wildman–Crippen LogP) is 0.407. The molecule has 0 aliphatic heterocycles. The molecule has 1 saturated carbocycles. The van der Waals surface area contributed by atoms with Crippen molar-refractivity contribution in [3.05, 3.63) is 40.2 Å². The number of ketones is 2. The fourth-order valence-corrected chi connectivity index (χ4v) is 6.04. The molecule has 0 aromatic heterocycles. The number of carbonyl (C=O) groups is 4. The number of benzene rings is 1. The van der Waals surface area contributed by atoms with E-state index in [0.717, 1.165) is 0 Å². The molecule has 2 amide bonds. The number of amides is 2. The van der Waals surface area contributed by atoms with E-state index in [1.165, 1.54) is 31.1 Å². The largest absolute Gasteiger partial charge is 0.508 e. The number of aromatic hydroxyl groups is 1. The van der Waals surface area contributed by atoms with Gasteiger partial charge >= 0.3 is 0 Å². The molecule has 1 fully saturated rings. The number of phenolic OH excluding ortho intramolecular Hbond substituents is 1. The number of alkyl halides is 1. The van der Waals surface area contributed by atoms with Gasteiger partial charge in [-0.2, -0.15) is 0 Å². The van der Waals surface area contributed by atoms with Crippen LogP contribution < -0.4 is 11.1 Å². The number of halogens is 2. The van der Waals surface area contributed by atoms with Gasteiger partial charge in [0.1, 0.15) is 22.8 Å². The Labute approximate surface area is 235 Å². The van der Waals surface area contributed by atoms with Crippen molar-refractivity contribution >= 4 is 67.7 Å². The van der Waals surface area contributed by atoms with Crippen LogP contribution in [0.15, 0.2) is 29.0 Å². The molecule has 3 aliphatic rings. The van der Waals surface area contributed by atoms with Crippen LogP contribution >= 0.6 is 32.9 Å². The van der Waals surface area contributed by atoms with Crippen molar-refractivity contribution in [2.75, 3.05) is 24.7 Å². The van der Waals surface area contributed by atoms with E-state index in [4.69, 9.17) is 5.73 Å². The Morgan fingerprint density at radius 1 is 1.18 bits per heavy atom. The van der Waals surface area contributed by atoms with E-state index in [0.29, 0.717) is 5.56 Å². The minimum atomic E-state index is -2.99. The van der Waals surface area contributed by atoms with Crippen molar-refractivity contribution in [3.63, 3.8) is 0 Å². The molecule has 12 nitrogen and oxygen atoms in total. The second-order valence-corrected chi connectivity index (χ2v) is 10.2. The van der Waals surface area contributed by atoms with Crippen LogP contribution in [0.5, 0.6) is 5.75 Å². The van der Waals surface area contributed by atoms with Gasteiger partial charge in [0.15, 0.2) is 11.4 Å². The molecule has 8 N–H and O–H groups in total. The number of phenols is 1. The van der Waals surface area contributed by atoms with Gasteiger partial charge in [0, 0.05) is 11.5 Å². The SMILES string of the molecule is Br.CC1c2ccc(NC(=O)CBr)c(O)c2C(O)=C2C(=O)[C@]3(O)C(O)=C(C(N)=O)C(=O)[C@@H](N(C)C)C3C(O)C21. The van der Waals surface area contributed by atoms with Crippen LogP contribution in [0.3, 0.4) is 0 Å². The van der Waals surface area contributed by atoms with Gasteiger partial charge in [-0.25, -0.2) is 0 Å². The van der Waals surface area contributed by atoms with Gasteiger partial charge in [0.2, 0.25) is 11.7 Å². The monoisotopic (exact) mass is 659 g/mol. The maximum absolute atomic E-state index is 13.9. The predicted molar refractivity (Wildman–Crippen MR) is 143 cm³/mol. The van der Waals surface area contributed by atoms with Gasteiger partial charge in [-0.3, -0.25) is 24.1 Å². The zero-order valence-corrected chi connectivity index (χ0v) is 23.7. The summed E-state index contributed by atoms with van der Waals surface area (Å²) in [6, 6.07) is 1.49. The molecule has 0 bridgehead atoms. The summed E-state index contributed by atoms with van der Waals surface area (Å²) in [4.78, 5) is 52.2. The van der Waals surface area contributed by atoms with Gasteiger partial charge in [-0.15, -0.1) is 17.0 Å². The molecule has 6 atom stereocenters. The van der Waals surface area contributed by atoms with E-state index >= 15 is 0 Å². The first-order valence-electron chi connectivity index (χ1n) is 11.3. The highest BCUT2D eigenvalue weighted by molar-refractivity contribution is 9.09. The molecule has 0 radical (unpaired) electrons. The topological polar surface area (TPSA) is 211 Å². The third kappa shape index (κ3) is 3.88. The number of anilines is 1. The van der Waals surface area contributed by atoms with Crippen LogP contribution in [-0.2, 0) is 19.2 Å². The Morgan fingerprint density at radius 2 is 1.79 bits per heavy atom. The van der Waals surface area contributed by atoms with Gasteiger partial charge in [0.25, 0.3) is 5.91 Å². The summed E-state index contributed by atoms with van der Waals surface area (Å²) in [6.07, 6.45) is -1.68. The summed E-state index contributed by atoms with van der Waals surface area (Å²) >= 11 is 2.99. The van der Waals surface area contributed by atoms with Crippen LogP contribution in [0, 0.1) is 11.8 Å². The normalized spacial score (nSPS) is 30.3. The van der Waals surface area contributed by atoms with Crippen molar-refractivity contribution in [3.8, 4) is 5.75 Å². The maximum Gasteiger partial charge on any atom is 0.255 e. The van der Waals surface area contributed by atoms with Crippen molar-refractivity contribution in [1.82, 2.24) is 4.90 Å². The van der Waals surface area contributed by atoms with Gasteiger partial charge in [0.05, 0.1) is 34.6 Å². The zero-order chi connectivity index (χ0) is 27.7. The lowest BCUT2D eigenvalue weighted by Gasteiger charge is -2.53. The number of nitrogens with two attached hydrogens (primary N) is 1. The van der Waals surface area contributed by atoms with Crippen LogP contribution in [0.1, 0.15) is 24.0 Å². The molecule has 206 valence electrons. The molecular formula is C24H27Br2N3O9. The van der Waals surface area contributed by atoms with Crippen LogP contribution in [0.2, 0.25) is 0 Å². The molecule has 0 spiro atoms. The lowest BCUT2D eigenvalue weighted by Crippen LogP contribution is -2.70. The Morgan fingerprint density at radius 3 is 2.32 bits per heavy atom. The summed E-state index contributed by atoms with van der Waals surface area (Å²) in [6.45, 7) is 1.62. The molecule has 0 saturated heterocycles. The van der Waals surface area contributed by atoms with E-state index in [-0.39, 0.29) is 33.6 Å². The van der Waals surface area contributed by atoms with Crippen LogP contribution in [0.25, 0.3) is 5.76 Å². The number of aliphatic hydroxyl groups excluding tert-OH is 3. The van der Waals surface area contributed by atoms with Crippen molar-refractivity contribution in [2.45, 2.75) is 30.6 Å². The average molecular weight is 661 g/mol. The quantitative estimate of drug-likeness (QED) is 0.134. The molecule has 3 aliphatic carbocycles. The van der Waals surface area contributed by atoms with Crippen molar-refractivity contribution in [2.24, 2.45) is 17.6 Å². The second kappa shape index (κ2) is 10.1. The van der Waals surface area contributed by atoms with Crippen LogP contribution in [0.4, 0.5) is 5.69 Å². The number of hydrogen-bond donors (Lipinski definition) is 7. The number of likely N-dealkylation sites (N-methyl/N-ethyl adjacent to an activating group) is 1. The first-order chi connectivity index (χ1) is 17.2. The number of rotatable bonds is 4. The summed E-state index contributed by atoms with van der Waals surface area (Å²) in [7, 11) is 2.87. The molecule has 0 heterocycles. The van der Waals surface area contributed by atoms with Crippen molar-refractivity contribution < 1.29 is 44.7 Å². The second-order valence-electron chi connectivity index (χ2n) is 9.66. The Bertz CT molecular complexity index is 1330. The van der Waals surface area contributed by atoms with E-state index < -0.39 is 87.3 Å². The lowest BCUT2D eigenvalue weighted by atomic mass is 9.54. The smallest absolute Gasteiger partial charge is 0.255 e. The number of primary amides is 1. The number of aliphatic hydroxyl groups is 4. The van der Waals surface area contributed by atoms with E-state index in [1.54, 1.807) is 6.92 Å². The molecule has 4 rings (SSSR count). The summed E-state index contributed by atoms with van der Waals surface area (Å²) in [5, 5.41) is 58.6. The van der Waals surface area contributed by atoms with E-state index in [9.17, 15) is 44.7 Å². The zero-order valence-electron chi connectivity index (χ0n) is 20.4.